The third-order valence-corrected chi connectivity index (χ3v) is 4.60. The van der Waals surface area contributed by atoms with Crippen molar-refractivity contribution in [3.63, 3.8) is 0 Å². The van der Waals surface area contributed by atoms with Gasteiger partial charge in [-0.2, -0.15) is 0 Å². The predicted molar refractivity (Wildman–Crippen MR) is 74.3 cm³/mol. The van der Waals surface area contributed by atoms with Gasteiger partial charge in [0.15, 0.2) is 0 Å². The van der Waals surface area contributed by atoms with Crippen LogP contribution in [0.4, 0.5) is 0 Å². The minimum Gasteiger partial charge on any atom is -0.378 e. The molecule has 19 heavy (non-hydrogen) atoms. The summed E-state index contributed by atoms with van der Waals surface area (Å²) < 4.78 is 7.61. The van der Waals surface area contributed by atoms with Crippen molar-refractivity contribution < 1.29 is 4.74 Å². The molecule has 2 aromatic heterocycles. The number of nitrogens with zero attached hydrogens (tertiary/aromatic N) is 3. The summed E-state index contributed by atoms with van der Waals surface area (Å²) in [5.74, 6) is 0. The highest BCUT2D eigenvalue weighted by atomic mass is 16.5. The van der Waals surface area contributed by atoms with Crippen molar-refractivity contribution in [1.29, 1.82) is 0 Å². The summed E-state index contributed by atoms with van der Waals surface area (Å²) in [7, 11) is 2.15. The number of hydrogen-bond donors (Lipinski definition) is 0. The molecule has 0 aliphatic carbocycles. The third kappa shape index (κ3) is 1.70. The Kier molecular flexibility index (Phi) is 2.60. The van der Waals surface area contributed by atoms with Crippen molar-refractivity contribution in [3.05, 3.63) is 29.6 Å². The van der Waals surface area contributed by atoms with Crippen LogP contribution in [0.5, 0.6) is 0 Å². The number of aromatic nitrogens is 2. The van der Waals surface area contributed by atoms with Crippen molar-refractivity contribution in [3.8, 4) is 0 Å². The Labute approximate surface area is 113 Å². The number of hydrogen-bond acceptors (Lipinski definition) is 3. The van der Waals surface area contributed by atoms with Gasteiger partial charge in [-0.05, 0) is 24.1 Å². The molecule has 0 amide bonds. The number of fused-ring (bicyclic) bond motifs is 3. The summed E-state index contributed by atoms with van der Waals surface area (Å²) in [6, 6.07) is 4.91. The van der Waals surface area contributed by atoms with E-state index in [4.69, 9.17) is 4.74 Å². The molecule has 0 atom stereocenters. The van der Waals surface area contributed by atoms with E-state index in [-0.39, 0.29) is 0 Å². The number of ether oxygens (including phenoxy) is 1. The van der Waals surface area contributed by atoms with Crippen LogP contribution in [0.3, 0.4) is 0 Å². The Morgan fingerprint density at radius 1 is 1.26 bits per heavy atom. The van der Waals surface area contributed by atoms with Gasteiger partial charge in [-0.15, -0.1) is 0 Å². The molecule has 4 heteroatoms. The van der Waals surface area contributed by atoms with E-state index < -0.39 is 0 Å². The zero-order valence-electron chi connectivity index (χ0n) is 11.3. The van der Waals surface area contributed by atoms with E-state index in [2.05, 4.69) is 27.6 Å². The lowest BCUT2D eigenvalue weighted by atomic mass is 10.1. The first-order valence-electron chi connectivity index (χ1n) is 7.07. The van der Waals surface area contributed by atoms with E-state index in [9.17, 15) is 0 Å². The molecule has 2 aliphatic rings. The largest absolute Gasteiger partial charge is 0.378 e. The van der Waals surface area contributed by atoms with Gasteiger partial charge in [-0.3, -0.25) is 4.90 Å². The number of aryl methyl sites for hydroxylation is 1. The van der Waals surface area contributed by atoms with Gasteiger partial charge in [-0.1, -0.05) is 0 Å². The summed E-state index contributed by atoms with van der Waals surface area (Å²) in [6.07, 6.45) is 4.15. The van der Waals surface area contributed by atoms with Crippen molar-refractivity contribution >= 4 is 11.0 Å². The van der Waals surface area contributed by atoms with Crippen LogP contribution in [0, 0.1) is 0 Å². The summed E-state index contributed by atoms with van der Waals surface area (Å²) in [4.78, 5) is 7.12. The SMILES string of the molecule is Cn1c2c(c3cccnc31)CCN(C1COC1)CC2. The Morgan fingerprint density at radius 3 is 2.89 bits per heavy atom. The second-order valence-corrected chi connectivity index (χ2v) is 5.59. The first kappa shape index (κ1) is 11.4. The first-order valence-corrected chi connectivity index (χ1v) is 7.07. The maximum Gasteiger partial charge on any atom is 0.140 e. The molecule has 4 nitrogen and oxygen atoms in total. The molecular weight excluding hydrogens is 238 g/mol. The number of rotatable bonds is 1. The average molecular weight is 257 g/mol. The molecular formula is C15H19N3O. The third-order valence-electron chi connectivity index (χ3n) is 4.60. The molecule has 0 aromatic carbocycles. The summed E-state index contributed by atoms with van der Waals surface area (Å²) >= 11 is 0. The van der Waals surface area contributed by atoms with Crippen molar-refractivity contribution in [2.24, 2.45) is 7.05 Å². The normalized spacial score (nSPS) is 21.1. The van der Waals surface area contributed by atoms with E-state index in [1.165, 1.54) is 16.6 Å². The van der Waals surface area contributed by atoms with Gasteiger partial charge in [0.1, 0.15) is 5.65 Å². The van der Waals surface area contributed by atoms with Gasteiger partial charge in [-0.25, -0.2) is 4.98 Å². The van der Waals surface area contributed by atoms with E-state index in [1.54, 1.807) is 0 Å². The maximum absolute atomic E-state index is 5.32. The van der Waals surface area contributed by atoms with E-state index in [0.29, 0.717) is 6.04 Å². The lowest BCUT2D eigenvalue weighted by Gasteiger charge is -2.36. The Morgan fingerprint density at radius 2 is 2.11 bits per heavy atom. The van der Waals surface area contributed by atoms with Crippen molar-refractivity contribution in [2.45, 2.75) is 18.9 Å². The predicted octanol–water partition coefficient (Wildman–Crippen LogP) is 1.37. The van der Waals surface area contributed by atoms with Crippen LogP contribution in [0.15, 0.2) is 18.3 Å². The zero-order valence-corrected chi connectivity index (χ0v) is 11.3. The zero-order chi connectivity index (χ0) is 12.8. The monoisotopic (exact) mass is 257 g/mol. The van der Waals surface area contributed by atoms with Gasteiger partial charge in [0, 0.05) is 43.8 Å². The Balaban J connectivity index is 1.71. The van der Waals surface area contributed by atoms with Gasteiger partial charge in [0.25, 0.3) is 0 Å². The summed E-state index contributed by atoms with van der Waals surface area (Å²) in [5, 5.41) is 1.34. The summed E-state index contributed by atoms with van der Waals surface area (Å²) in [6.45, 7) is 4.12. The van der Waals surface area contributed by atoms with Gasteiger partial charge < -0.3 is 9.30 Å². The van der Waals surface area contributed by atoms with Crippen molar-refractivity contribution in [2.75, 3.05) is 26.3 Å². The van der Waals surface area contributed by atoms with Gasteiger partial charge in [0.05, 0.1) is 19.3 Å². The van der Waals surface area contributed by atoms with Crippen LogP contribution in [0.25, 0.3) is 11.0 Å². The highest BCUT2D eigenvalue weighted by Crippen LogP contribution is 2.28. The van der Waals surface area contributed by atoms with Crippen molar-refractivity contribution in [1.82, 2.24) is 14.5 Å². The molecule has 0 radical (unpaired) electrons. The lowest BCUT2D eigenvalue weighted by Crippen LogP contribution is -2.49. The molecule has 0 saturated carbocycles. The maximum atomic E-state index is 5.32. The molecule has 0 spiro atoms. The quantitative estimate of drug-likeness (QED) is 0.773. The smallest absolute Gasteiger partial charge is 0.140 e. The van der Waals surface area contributed by atoms with E-state index in [0.717, 1.165) is 44.8 Å². The second-order valence-electron chi connectivity index (χ2n) is 5.59. The second kappa shape index (κ2) is 4.32. The van der Waals surface area contributed by atoms with E-state index in [1.807, 2.05) is 12.3 Å². The fourth-order valence-electron chi connectivity index (χ4n) is 3.40. The lowest BCUT2D eigenvalue weighted by molar-refractivity contribution is -0.0634. The topological polar surface area (TPSA) is 30.3 Å². The first-order chi connectivity index (χ1) is 9.34. The van der Waals surface area contributed by atoms with Crippen LogP contribution >= 0.6 is 0 Å². The highest BCUT2D eigenvalue weighted by Gasteiger charge is 2.29. The van der Waals surface area contributed by atoms with Crippen LogP contribution < -0.4 is 0 Å². The van der Waals surface area contributed by atoms with Crippen LogP contribution in [0.2, 0.25) is 0 Å². The molecule has 1 saturated heterocycles. The van der Waals surface area contributed by atoms with Gasteiger partial charge >= 0.3 is 0 Å². The summed E-state index contributed by atoms with van der Waals surface area (Å²) in [5.41, 5.74) is 4.11. The fourth-order valence-corrected chi connectivity index (χ4v) is 3.40. The molecule has 4 heterocycles. The molecule has 100 valence electrons. The van der Waals surface area contributed by atoms with Crippen LogP contribution in [-0.2, 0) is 24.6 Å². The number of pyridine rings is 1. The van der Waals surface area contributed by atoms with Crippen LogP contribution in [0.1, 0.15) is 11.3 Å². The average Bonchev–Trinajstić information content (AvgIpc) is 2.53. The van der Waals surface area contributed by atoms with Gasteiger partial charge in [0.2, 0.25) is 0 Å². The Hall–Kier alpha value is -1.39. The minimum atomic E-state index is 0.652. The highest BCUT2D eigenvalue weighted by molar-refractivity contribution is 5.82. The van der Waals surface area contributed by atoms with Crippen LogP contribution in [-0.4, -0.2) is 46.8 Å². The molecule has 2 aliphatic heterocycles. The Bertz CT molecular complexity index is 615. The van der Waals surface area contributed by atoms with E-state index >= 15 is 0 Å². The molecule has 4 rings (SSSR count). The fraction of sp³-hybridized carbons (Fsp3) is 0.533. The molecule has 2 aromatic rings. The molecule has 0 unspecified atom stereocenters. The molecule has 0 bridgehead atoms. The minimum absolute atomic E-state index is 0.652. The molecule has 1 fully saturated rings. The molecule has 0 N–H and O–H groups in total. The standard InChI is InChI=1S/C15H19N3O/c1-17-14-5-8-18(11-9-19-10-11)7-4-12(14)13-3-2-6-16-15(13)17/h2-3,6,11H,4-5,7-10H2,1H3.